The maximum atomic E-state index is 12.3. The van der Waals surface area contributed by atoms with E-state index in [2.05, 4.69) is 17.2 Å². The third-order valence-electron chi connectivity index (χ3n) is 4.29. The number of amides is 1. The normalized spacial score (nSPS) is 21.1. The van der Waals surface area contributed by atoms with Gasteiger partial charge in [0.25, 0.3) is 5.91 Å². The lowest BCUT2D eigenvalue weighted by Crippen LogP contribution is -2.32. The molecule has 0 fully saturated rings. The average molecular weight is 284 g/mol. The molecule has 0 radical (unpaired) electrons. The number of aliphatic hydroxyl groups is 1. The van der Waals surface area contributed by atoms with Crippen molar-refractivity contribution in [1.82, 2.24) is 10.3 Å². The predicted molar refractivity (Wildman–Crippen MR) is 83.4 cm³/mol. The summed E-state index contributed by atoms with van der Waals surface area (Å²) in [4.78, 5) is 15.6. The van der Waals surface area contributed by atoms with Crippen LogP contribution in [0.1, 0.15) is 28.0 Å². The van der Waals surface area contributed by atoms with Crippen LogP contribution >= 0.6 is 0 Å². The van der Waals surface area contributed by atoms with Crippen LogP contribution in [0.3, 0.4) is 0 Å². The van der Waals surface area contributed by atoms with Crippen LogP contribution in [0.15, 0.2) is 30.4 Å². The Kier molecular flexibility index (Phi) is 3.55. The van der Waals surface area contributed by atoms with E-state index in [9.17, 15) is 4.79 Å². The molecule has 0 saturated heterocycles. The molecular weight excluding hydrogens is 264 g/mol. The molecule has 1 amide bonds. The van der Waals surface area contributed by atoms with Gasteiger partial charge in [0, 0.05) is 40.7 Å². The number of carbonyl (C=O) groups excluding carboxylic acids is 1. The predicted octanol–water partition coefficient (Wildman–Crippen LogP) is 2.45. The Bertz CT molecular complexity index is 715. The van der Waals surface area contributed by atoms with Crippen LogP contribution in [0, 0.1) is 19.8 Å². The summed E-state index contributed by atoms with van der Waals surface area (Å²) in [7, 11) is 0. The molecule has 1 aromatic carbocycles. The molecule has 3 rings (SSSR count). The smallest absolute Gasteiger partial charge is 0.251 e. The van der Waals surface area contributed by atoms with Crippen molar-refractivity contribution in [1.29, 1.82) is 0 Å². The number of H-pyrrole nitrogens is 1. The highest BCUT2D eigenvalue weighted by molar-refractivity contribution is 5.99. The molecule has 110 valence electrons. The topological polar surface area (TPSA) is 65.1 Å². The number of nitrogens with one attached hydrogen (secondary N) is 2. The van der Waals surface area contributed by atoms with Gasteiger partial charge in [0.2, 0.25) is 0 Å². The summed E-state index contributed by atoms with van der Waals surface area (Å²) in [5.41, 5.74) is 4.04. The van der Waals surface area contributed by atoms with Crippen molar-refractivity contribution in [3.63, 3.8) is 0 Å². The summed E-state index contributed by atoms with van der Waals surface area (Å²) >= 11 is 0. The number of rotatable bonds is 3. The van der Waals surface area contributed by atoms with E-state index in [1.54, 1.807) is 0 Å². The summed E-state index contributed by atoms with van der Waals surface area (Å²) < 4.78 is 0. The monoisotopic (exact) mass is 284 g/mol. The second-order valence-corrected chi connectivity index (χ2v) is 5.78. The highest BCUT2D eigenvalue weighted by Gasteiger charge is 2.20. The Morgan fingerprint density at radius 3 is 2.90 bits per heavy atom. The SMILES string of the molecule is Cc1[nH]c2ccc(C(=O)N[C@@H]3C=C[C@H](CO)C3)cc2c1C. The largest absolute Gasteiger partial charge is 0.396 e. The van der Waals surface area contributed by atoms with Crippen molar-refractivity contribution >= 4 is 16.8 Å². The molecule has 3 N–H and O–H groups in total. The number of carbonyl (C=O) groups is 1. The number of aromatic nitrogens is 1. The van der Waals surface area contributed by atoms with E-state index in [4.69, 9.17) is 5.11 Å². The maximum Gasteiger partial charge on any atom is 0.251 e. The lowest BCUT2D eigenvalue weighted by molar-refractivity contribution is 0.0941. The number of fused-ring (bicyclic) bond motifs is 1. The summed E-state index contributed by atoms with van der Waals surface area (Å²) in [5.74, 6) is 0.0933. The van der Waals surface area contributed by atoms with Gasteiger partial charge in [-0.05, 0) is 44.0 Å². The Morgan fingerprint density at radius 1 is 1.38 bits per heavy atom. The quantitative estimate of drug-likeness (QED) is 0.758. The number of hydrogen-bond acceptors (Lipinski definition) is 2. The van der Waals surface area contributed by atoms with Gasteiger partial charge in [-0.25, -0.2) is 0 Å². The van der Waals surface area contributed by atoms with E-state index in [1.807, 2.05) is 37.3 Å². The third kappa shape index (κ3) is 2.59. The standard InChI is InChI=1S/C17H20N2O2/c1-10-11(2)18-16-6-4-13(8-15(10)16)17(21)19-14-5-3-12(7-14)9-20/h3-6,8,12,14,18,20H,7,9H2,1-2H3,(H,19,21)/t12-,14+/m0/s1. The van der Waals surface area contributed by atoms with E-state index in [-0.39, 0.29) is 24.5 Å². The van der Waals surface area contributed by atoms with Gasteiger partial charge >= 0.3 is 0 Å². The number of hydrogen-bond donors (Lipinski definition) is 3. The first-order chi connectivity index (χ1) is 10.1. The van der Waals surface area contributed by atoms with Gasteiger partial charge < -0.3 is 15.4 Å². The van der Waals surface area contributed by atoms with Crippen LogP contribution in [0.5, 0.6) is 0 Å². The molecule has 21 heavy (non-hydrogen) atoms. The number of aromatic amines is 1. The first-order valence-electron chi connectivity index (χ1n) is 7.27. The zero-order valence-electron chi connectivity index (χ0n) is 12.3. The van der Waals surface area contributed by atoms with E-state index >= 15 is 0 Å². The number of aliphatic hydroxyl groups excluding tert-OH is 1. The van der Waals surface area contributed by atoms with Crippen molar-refractivity contribution in [2.24, 2.45) is 5.92 Å². The van der Waals surface area contributed by atoms with E-state index in [0.717, 1.165) is 23.0 Å². The molecule has 0 saturated carbocycles. The van der Waals surface area contributed by atoms with Gasteiger partial charge in [-0.15, -0.1) is 0 Å². The van der Waals surface area contributed by atoms with Gasteiger partial charge in [0.1, 0.15) is 0 Å². The van der Waals surface area contributed by atoms with Crippen LogP contribution in [0.4, 0.5) is 0 Å². The summed E-state index contributed by atoms with van der Waals surface area (Å²) in [6, 6.07) is 5.74. The summed E-state index contributed by atoms with van der Waals surface area (Å²) in [6.45, 7) is 4.23. The first kappa shape index (κ1) is 13.9. The summed E-state index contributed by atoms with van der Waals surface area (Å²) in [6.07, 6.45) is 4.70. The molecular formula is C17H20N2O2. The van der Waals surface area contributed by atoms with Gasteiger partial charge in [0.05, 0.1) is 0 Å². The molecule has 0 bridgehead atoms. The number of benzene rings is 1. The van der Waals surface area contributed by atoms with Crippen LogP contribution in [-0.4, -0.2) is 28.6 Å². The third-order valence-corrected chi connectivity index (χ3v) is 4.29. The van der Waals surface area contributed by atoms with E-state index < -0.39 is 0 Å². The lowest BCUT2D eigenvalue weighted by atomic mass is 10.1. The zero-order chi connectivity index (χ0) is 15.0. The molecule has 4 nitrogen and oxygen atoms in total. The second kappa shape index (κ2) is 5.37. The van der Waals surface area contributed by atoms with Crippen LogP contribution in [-0.2, 0) is 0 Å². The van der Waals surface area contributed by atoms with Crippen LogP contribution in [0.2, 0.25) is 0 Å². The van der Waals surface area contributed by atoms with E-state index in [1.165, 1.54) is 5.56 Å². The molecule has 2 aromatic rings. The first-order valence-corrected chi connectivity index (χ1v) is 7.27. The minimum atomic E-state index is -0.0663. The molecule has 1 heterocycles. The molecule has 1 aliphatic carbocycles. The van der Waals surface area contributed by atoms with Gasteiger partial charge in [-0.3, -0.25) is 4.79 Å². The zero-order valence-corrected chi connectivity index (χ0v) is 12.3. The molecule has 0 spiro atoms. The fraction of sp³-hybridized carbons (Fsp3) is 0.353. The number of aryl methyl sites for hydroxylation is 2. The fourth-order valence-corrected chi connectivity index (χ4v) is 2.87. The average Bonchev–Trinajstić information content (AvgIpc) is 3.04. The molecule has 1 aliphatic rings. The van der Waals surface area contributed by atoms with Crippen molar-refractivity contribution in [2.75, 3.05) is 6.61 Å². The molecule has 0 aliphatic heterocycles. The van der Waals surface area contributed by atoms with Gasteiger partial charge in [-0.2, -0.15) is 0 Å². The van der Waals surface area contributed by atoms with Gasteiger partial charge in [0.15, 0.2) is 0 Å². The maximum absolute atomic E-state index is 12.3. The Balaban J connectivity index is 1.79. The highest BCUT2D eigenvalue weighted by Crippen LogP contribution is 2.23. The molecule has 2 atom stereocenters. The molecule has 4 heteroatoms. The minimum Gasteiger partial charge on any atom is -0.396 e. The fourth-order valence-electron chi connectivity index (χ4n) is 2.87. The Morgan fingerprint density at radius 2 is 2.19 bits per heavy atom. The Labute approximate surface area is 123 Å². The van der Waals surface area contributed by atoms with Crippen molar-refractivity contribution in [3.05, 3.63) is 47.2 Å². The Hall–Kier alpha value is -2.07. The summed E-state index contributed by atoms with van der Waals surface area (Å²) in [5, 5.41) is 13.2. The van der Waals surface area contributed by atoms with Crippen LogP contribution < -0.4 is 5.32 Å². The van der Waals surface area contributed by atoms with Crippen molar-refractivity contribution in [3.8, 4) is 0 Å². The lowest BCUT2D eigenvalue weighted by Gasteiger charge is -2.12. The molecule has 1 aromatic heterocycles. The minimum absolute atomic E-state index is 0.0133. The van der Waals surface area contributed by atoms with E-state index in [0.29, 0.717) is 5.56 Å². The van der Waals surface area contributed by atoms with Gasteiger partial charge in [-0.1, -0.05) is 12.2 Å². The second-order valence-electron chi connectivity index (χ2n) is 5.78. The van der Waals surface area contributed by atoms with Crippen molar-refractivity contribution < 1.29 is 9.90 Å². The highest BCUT2D eigenvalue weighted by atomic mass is 16.3. The van der Waals surface area contributed by atoms with Crippen LogP contribution in [0.25, 0.3) is 10.9 Å². The molecule has 0 unspecified atom stereocenters. The van der Waals surface area contributed by atoms with Crippen molar-refractivity contribution in [2.45, 2.75) is 26.3 Å².